The Labute approximate surface area is 158 Å². The van der Waals surface area contributed by atoms with Gasteiger partial charge in [-0.15, -0.1) is 0 Å². The van der Waals surface area contributed by atoms with Crippen molar-refractivity contribution >= 4 is 28.0 Å². The molecule has 2 aromatic rings. The van der Waals surface area contributed by atoms with E-state index in [4.69, 9.17) is 0 Å². The van der Waals surface area contributed by atoms with Crippen LogP contribution in [-0.2, 0) is 14.8 Å². The monoisotopic (exact) mass is 387 g/mol. The van der Waals surface area contributed by atoms with Crippen molar-refractivity contribution in [3.8, 4) is 0 Å². The van der Waals surface area contributed by atoms with E-state index in [1.54, 1.807) is 53.1 Å². The number of carbonyl (C=O) groups excluding carboxylic acids is 2. The normalized spacial score (nSPS) is 14.7. The van der Waals surface area contributed by atoms with Gasteiger partial charge >= 0.3 is 0 Å². The molecule has 142 valence electrons. The second-order valence-corrected chi connectivity index (χ2v) is 8.06. The smallest absolute Gasteiger partial charge is 0.261 e. The van der Waals surface area contributed by atoms with Gasteiger partial charge in [0, 0.05) is 31.7 Å². The Kier molecular flexibility index (Phi) is 5.46. The van der Waals surface area contributed by atoms with E-state index >= 15 is 0 Å². The first-order chi connectivity index (χ1) is 12.9. The average molecular weight is 387 g/mol. The summed E-state index contributed by atoms with van der Waals surface area (Å²) in [6.07, 6.45) is 0.791. The fourth-order valence-electron chi connectivity index (χ4n) is 2.93. The van der Waals surface area contributed by atoms with Gasteiger partial charge in [0.15, 0.2) is 0 Å². The van der Waals surface area contributed by atoms with Crippen molar-refractivity contribution in [1.82, 2.24) is 9.80 Å². The fourth-order valence-corrected chi connectivity index (χ4v) is 4.08. The third-order valence-electron chi connectivity index (χ3n) is 4.52. The van der Waals surface area contributed by atoms with E-state index in [0.717, 1.165) is 6.41 Å². The summed E-state index contributed by atoms with van der Waals surface area (Å²) in [4.78, 5) is 26.9. The number of hydrogen-bond acceptors (Lipinski definition) is 4. The average Bonchev–Trinajstić information content (AvgIpc) is 2.69. The van der Waals surface area contributed by atoms with Gasteiger partial charge < -0.3 is 9.80 Å². The molecule has 8 heteroatoms. The Balaban J connectivity index is 1.74. The number of amides is 2. The third kappa shape index (κ3) is 4.28. The molecule has 1 N–H and O–H groups in total. The minimum Gasteiger partial charge on any atom is -0.342 e. The highest BCUT2D eigenvalue weighted by molar-refractivity contribution is 7.92. The fraction of sp³-hybridized carbons (Fsp3) is 0.263. The molecule has 1 heterocycles. The first-order valence-electron chi connectivity index (χ1n) is 8.58. The molecule has 0 bridgehead atoms. The molecule has 3 rings (SSSR count). The number of anilines is 1. The highest BCUT2D eigenvalue weighted by Gasteiger charge is 2.22. The Hall–Kier alpha value is -2.87. The molecule has 0 atom stereocenters. The van der Waals surface area contributed by atoms with Crippen LogP contribution in [0.1, 0.15) is 15.9 Å². The van der Waals surface area contributed by atoms with Crippen LogP contribution >= 0.6 is 0 Å². The number of aryl methyl sites for hydroxylation is 1. The van der Waals surface area contributed by atoms with Gasteiger partial charge in [-0.25, -0.2) is 8.42 Å². The van der Waals surface area contributed by atoms with Crippen molar-refractivity contribution < 1.29 is 18.0 Å². The highest BCUT2D eigenvalue weighted by Crippen LogP contribution is 2.22. The predicted molar refractivity (Wildman–Crippen MR) is 102 cm³/mol. The molecule has 0 aliphatic carbocycles. The molecule has 27 heavy (non-hydrogen) atoms. The number of hydrogen-bond donors (Lipinski definition) is 1. The number of nitrogens with one attached hydrogen (secondary N) is 1. The summed E-state index contributed by atoms with van der Waals surface area (Å²) in [6.45, 7) is 3.76. The molecule has 1 fully saturated rings. The van der Waals surface area contributed by atoms with E-state index in [9.17, 15) is 18.0 Å². The summed E-state index contributed by atoms with van der Waals surface area (Å²) in [5.41, 5.74) is 1.59. The van der Waals surface area contributed by atoms with Crippen molar-refractivity contribution in [2.75, 3.05) is 30.9 Å². The van der Waals surface area contributed by atoms with E-state index in [2.05, 4.69) is 4.72 Å². The Morgan fingerprint density at radius 2 is 1.70 bits per heavy atom. The van der Waals surface area contributed by atoms with Crippen LogP contribution in [0.5, 0.6) is 0 Å². The number of rotatable bonds is 5. The molecule has 0 unspecified atom stereocenters. The highest BCUT2D eigenvalue weighted by atomic mass is 32.2. The Morgan fingerprint density at radius 3 is 2.30 bits per heavy atom. The summed E-state index contributed by atoms with van der Waals surface area (Å²) >= 11 is 0. The lowest BCUT2D eigenvalue weighted by Crippen LogP contribution is -2.48. The zero-order chi connectivity index (χ0) is 19.4. The minimum absolute atomic E-state index is 0.124. The predicted octanol–water partition coefficient (Wildman–Crippen LogP) is 1.71. The van der Waals surface area contributed by atoms with Crippen molar-refractivity contribution in [1.29, 1.82) is 0 Å². The number of sulfonamides is 1. The lowest BCUT2D eigenvalue weighted by Gasteiger charge is -2.32. The quantitative estimate of drug-likeness (QED) is 0.792. The van der Waals surface area contributed by atoms with E-state index in [-0.39, 0.29) is 10.8 Å². The zero-order valence-corrected chi connectivity index (χ0v) is 15.8. The molecule has 1 saturated heterocycles. The van der Waals surface area contributed by atoms with Gasteiger partial charge in [-0.1, -0.05) is 18.2 Å². The number of carbonyl (C=O) groups is 2. The summed E-state index contributed by atoms with van der Waals surface area (Å²) in [6, 6.07) is 13.0. The molecule has 7 nitrogen and oxygen atoms in total. The summed E-state index contributed by atoms with van der Waals surface area (Å²) in [5, 5.41) is 0. The van der Waals surface area contributed by atoms with Crippen molar-refractivity contribution in [2.45, 2.75) is 11.8 Å². The van der Waals surface area contributed by atoms with Crippen LogP contribution in [0, 0.1) is 6.92 Å². The van der Waals surface area contributed by atoms with E-state index in [0.29, 0.717) is 43.0 Å². The molecule has 1 aliphatic heterocycles. The topological polar surface area (TPSA) is 86.8 Å². The van der Waals surface area contributed by atoms with Gasteiger partial charge in [0.05, 0.1) is 10.6 Å². The molecular weight excluding hydrogens is 366 g/mol. The van der Waals surface area contributed by atoms with Gasteiger partial charge in [-0.05, 0) is 42.8 Å². The summed E-state index contributed by atoms with van der Waals surface area (Å²) < 4.78 is 27.5. The van der Waals surface area contributed by atoms with Crippen LogP contribution in [0.15, 0.2) is 53.4 Å². The lowest BCUT2D eigenvalue weighted by atomic mass is 10.1. The minimum atomic E-state index is -3.68. The molecule has 0 saturated carbocycles. The van der Waals surface area contributed by atoms with Gasteiger partial charge in [-0.3, -0.25) is 14.3 Å². The van der Waals surface area contributed by atoms with Gasteiger partial charge in [0.1, 0.15) is 0 Å². The molecule has 0 spiro atoms. The van der Waals surface area contributed by atoms with Gasteiger partial charge in [0.25, 0.3) is 15.9 Å². The molecule has 1 aliphatic rings. The maximum atomic E-state index is 12.6. The standard InChI is InChI=1S/C19H21N3O4S/c1-15-13-16(19(24)22-11-9-21(14-23)10-12-22)7-8-18(15)20-27(25,26)17-5-3-2-4-6-17/h2-8,13-14,20H,9-12H2,1H3. The largest absolute Gasteiger partial charge is 0.342 e. The van der Waals surface area contributed by atoms with Crippen molar-refractivity contribution in [3.63, 3.8) is 0 Å². The first kappa shape index (κ1) is 18.9. The number of benzene rings is 2. The number of piperazine rings is 1. The Bertz CT molecular complexity index is 937. The van der Waals surface area contributed by atoms with Crippen LogP contribution in [0.25, 0.3) is 0 Å². The summed E-state index contributed by atoms with van der Waals surface area (Å²) in [7, 11) is -3.68. The molecular formula is C19H21N3O4S. The van der Waals surface area contributed by atoms with Crippen LogP contribution in [-0.4, -0.2) is 56.7 Å². The molecule has 0 aromatic heterocycles. The van der Waals surface area contributed by atoms with E-state index < -0.39 is 10.0 Å². The second-order valence-electron chi connectivity index (χ2n) is 6.38. The van der Waals surface area contributed by atoms with Crippen molar-refractivity contribution in [3.05, 3.63) is 59.7 Å². The molecule has 2 aromatic carbocycles. The Morgan fingerprint density at radius 1 is 1.04 bits per heavy atom. The van der Waals surface area contributed by atoms with Crippen LogP contribution in [0.3, 0.4) is 0 Å². The van der Waals surface area contributed by atoms with E-state index in [1.807, 2.05) is 0 Å². The molecule has 0 radical (unpaired) electrons. The van der Waals surface area contributed by atoms with E-state index in [1.165, 1.54) is 12.1 Å². The first-order valence-corrected chi connectivity index (χ1v) is 10.1. The van der Waals surface area contributed by atoms with Crippen LogP contribution < -0.4 is 4.72 Å². The van der Waals surface area contributed by atoms with Crippen molar-refractivity contribution in [2.24, 2.45) is 0 Å². The maximum Gasteiger partial charge on any atom is 0.261 e. The zero-order valence-electron chi connectivity index (χ0n) is 15.0. The summed E-state index contributed by atoms with van der Waals surface area (Å²) in [5.74, 6) is -0.124. The van der Waals surface area contributed by atoms with Crippen LogP contribution in [0.2, 0.25) is 0 Å². The lowest BCUT2D eigenvalue weighted by molar-refractivity contribution is -0.119. The SMILES string of the molecule is Cc1cc(C(=O)N2CCN(C=O)CC2)ccc1NS(=O)(=O)c1ccccc1. The number of nitrogens with zero attached hydrogens (tertiary/aromatic N) is 2. The van der Waals surface area contributed by atoms with Crippen LogP contribution in [0.4, 0.5) is 5.69 Å². The van der Waals surface area contributed by atoms with Gasteiger partial charge in [-0.2, -0.15) is 0 Å². The third-order valence-corrected chi connectivity index (χ3v) is 5.90. The van der Waals surface area contributed by atoms with Gasteiger partial charge in [0.2, 0.25) is 6.41 Å². The molecule has 2 amide bonds. The second kappa shape index (κ2) is 7.79. The maximum absolute atomic E-state index is 12.6.